The lowest BCUT2D eigenvalue weighted by Crippen LogP contribution is -2.23. The van der Waals surface area contributed by atoms with Crippen molar-refractivity contribution in [1.29, 1.82) is 0 Å². The quantitative estimate of drug-likeness (QED) is 0.511. The van der Waals surface area contributed by atoms with Crippen molar-refractivity contribution in [2.45, 2.75) is 39.7 Å². The lowest BCUT2D eigenvalue weighted by molar-refractivity contribution is -0.0498. The molecule has 0 amide bonds. The second-order valence-corrected chi connectivity index (χ2v) is 8.34. The van der Waals surface area contributed by atoms with Crippen molar-refractivity contribution in [3.8, 4) is 17.1 Å². The van der Waals surface area contributed by atoms with Gasteiger partial charge in [0.1, 0.15) is 17.3 Å². The van der Waals surface area contributed by atoms with Gasteiger partial charge in [0, 0.05) is 18.1 Å². The number of H-pyrrole nitrogens is 1. The fourth-order valence-electron chi connectivity index (χ4n) is 3.43. The predicted molar refractivity (Wildman–Crippen MR) is 115 cm³/mol. The zero-order valence-corrected chi connectivity index (χ0v) is 17.6. The van der Waals surface area contributed by atoms with Crippen LogP contribution in [-0.2, 0) is 0 Å². The van der Waals surface area contributed by atoms with E-state index in [2.05, 4.69) is 14.7 Å². The second kappa shape index (κ2) is 9.20. The van der Waals surface area contributed by atoms with Gasteiger partial charge in [0.05, 0.1) is 0 Å². The van der Waals surface area contributed by atoms with E-state index in [0.717, 1.165) is 5.56 Å². The summed E-state index contributed by atoms with van der Waals surface area (Å²) in [5, 5.41) is 0. The molecule has 5 nitrogen and oxygen atoms in total. The number of Topliss-reactive ketones (excluding diaryl/α,β-unsaturated/α-hetero) is 1. The second-order valence-electron chi connectivity index (χ2n) is 8.34. The number of nitrogens with one attached hydrogen (secondary N) is 1. The molecule has 0 bridgehead atoms. The summed E-state index contributed by atoms with van der Waals surface area (Å²) in [5.74, 6) is -0.100. The highest BCUT2D eigenvalue weighted by Gasteiger charge is 2.29. The number of ketones is 1. The Morgan fingerprint density at radius 2 is 1.71 bits per heavy atom. The number of benzene rings is 2. The third kappa shape index (κ3) is 5.84. The molecule has 0 radical (unpaired) electrons. The Balaban J connectivity index is 1.88. The maximum Gasteiger partial charge on any atom is 0.387 e. The first kappa shape index (κ1) is 22.3. The van der Waals surface area contributed by atoms with E-state index in [0.29, 0.717) is 11.4 Å². The van der Waals surface area contributed by atoms with Crippen molar-refractivity contribution in [2.24, 2.45) is 5.41 Å². The first-order valence-corrected chi connectivity index (χ1v) is 9.88. The summed E-state index contributed by atoms with van der Waals surface area (Å²) in [6, 6.07) is 16.6. The number of rotatable bonds is 7. The van der Waals surface area contributed by atoms with E-state index in [-0.39, 0.29) is 35.0 Å². The number of hydrogen-bond donors (Lipinski definition) is 1. The number of alkyl halides is 2. The minimum Gasteiger partial charge on any atom is -0.435 e. The molecule has 7 heteroatoms. The van der Waals surface area contributed by atoms with Crippen molar-refractivity contribution in [3.05, 3.63) is 82.3 Å². The molecule has 1 heterocycles. The lowest BCUT2D eigenvalue weighted by atomic mass is 9.73. The molecule has 1 N–H and O–H groups in total. The average Bonchev–Trinajstić information content (AvgIpc) is 2.71. The Hall–Kier alpha value is -3.35. The number of aromatic amines is 1. The van der Waals surface area contributed by atoms with Crippen LogP contribution in [-0.4, -0.2) is 22.4 Å². The molecule has 0 spiro atoms. The molecule has 3 rings (SSSR count). The highest BCUT2D eigenvalue weighted by Crippen LogP contribution is 2.39. The van der Waals surface area contributed by atoms with Crippen LogP contribution in [0.15, 0.2) is 65.5 Å². The summed E-state index contributed by atoms with van der Waals surface area (Å²) in [5.41, 5.74) is 0.906. The van der Waals surface area contributed by atoms with Crippen molar-refractivity contribution in [1.82, 2.24) is 9.97 Å². The Kier molecular flexibility index (Phi) is 6.63. The predicted octanol–water partition coefficient (Wildman–Crippen LogP) is 5.44. The molecule has 0 saturated heterocycles. The van der Waals surface area contributed by atoms with Gasteiger partial charge in [-0.3, -0.25) is 9.59 Å². The van der Waals surface area contributed by atoms with Gasteiger partial charge >= 0.3 is 6.61 Å². The van der Waals surface area contributed by atoms with Gasteiger partial charge in [-0.05, 0) is 29.0 Å². The molecule has 31 heavy (non-hydrogen) atoms. The normalized spacial score (nSPS) is 12.6. The van der Waals surface area contributed by atoms with Crippen LogP contribution >= 0.6 is 0 Å². The molecule has 0 aliphatic heterocycles. The Morgan fingerprint density at radius 1 is 1.06 bits per heavy atom. The largest absolute Gasteiger partial charge is 0.435 e. The SMILES string of the molecule is CC(C)(C)[C@@H](CC(=O)c1cc(=O)[nH]c(-c2ccccc2)n1)c1ccc(OC(F)F)cc1. The first-order valence-electron chi connectivity index (χ1n) is 9.88. The zero-order valence-electron chi connectivity index (χ0n) is 17.6. The number of hydrogen-bond acceptors (Lipinski definition) is 4. The molecule has 1 aromatic heterocycles. The van der Waals surface area contributed by atoms with Gasteiger partial charge in [-0.1, -0.05) is 63.2 Å². The number of carbonyl (C=O) groups excluding carboxylic acids is 1. The van der Waals surface area contributed by atoms with Crippen LogP contribution in [0.5, 0.6) is 5.75 Å². The topological polar surface area (TPSA) is 72.0 Å². The van der Waals surface area contributed by atoms with E-state index in [1.807, 2.05) is 39.0 Å². The molecule has 0 saturated carbocycles. The van der Waals surface area contributed by atoms with Crippen LogP contribution in [0.3, 0.4) is 0 Å². The molecule has 162 valence electrons. The van der Waals surface area contributed by atoms with E-state index < -0.39 is 12.2 Å². The summed E-state index contributed by atoms with van der Waals surface area (Å²) in [7, 11) is 0. The molecule has 0 fully saturated rings. The number of nitrogens with zero attached hydrogens (tertiary/aromatic N) is 1. The summed E-state index contributed by atoms with van der Waals surface area (Å²) >= 11 is 0. The number of ether oxygens (including phenoxy) is 1. The minimum absolute atomic E-state index is 0.0569. The molecular formula is C24H24F2N2O3. The molecule has 0 aliphatic rings. The Labute approximate surface area is 179 Å². The van der Waals surface area contributed by atoms with Crippen molar-refractivity contribution < 1.29 is 18.3 Å². The van der Waals surface area contributed by atoms with E-state index in [1.165, 1.54) is 18.2 Å². The standard InChI is InChI=1S/C24H24F2N2O3/c1-24(2,3)18(15-9-11-17(12-10-15)31-23(25)26)13-20(29)19-14-21(30)28-22(27-19)16-7-5-4-6-8-16/h4-12,14,18,23H,13H2,1-3H3,(H,27,28,30)/t18-/m0/s1. The van der Waals surface area contributed by atoms with Crippen LogP contribution in [0.25, 0.3) is 11.4 Å². The molecule has 3 aromatic rings. The minimum atomic E-state index is -2.90. The summed E-state index contributed by atoms with van der Waals surface area (Å²) in [6.45, 7) is 3.09. The summed E-state index contributed by atoms with van der Waals surface area (Å²) in [4.78, 5) is 32.3. The zero-order chi connectivity index (χ0) is 22.6. The molecular weight excluding hydrogens is 402 g/mol. The average molecular weight is 426 g/mol. The van der Waals surface area contributed by atoms with Gasteiger partial charge in [0.2, 0.25) is 0 Å². The smallest absolute Gasteiger partial charge is 0.387 e. The van der Waals surface area contributed by atoms with E-state index in [9.17, 15) is 18.4 Å². The van der Waals surface area contributed by atoms with Crippen LogP contribution in [0.2, 0.25) is 0 Å². The molecule has 2 aromatic carbocycles. The molecule has 1 atom stereocenters. The van der Waals surface area contributed by atoms with Gasteiger partial charge in [-0.2, -0.15) is 8.78 Å². The maximum atomic E-state index is 13.1. The van der Waals surface area contributed by atoms with Gasteiger partial charge in [0.15, 0.2) is 5.78 Å². The van der Waals surface area contributed by atoms with Gasteiger partial charge in [-0.25, -0.2) is 4.98 Å². The third-order valence-electron chi connectivity index (χ3n) is 5.02. The van der Waals surface area contributed by atoms with Crippen molar-refractivity contribution in [2.75, 3.05) is 0 Å². The third-order valence-corrected chi connectivity index (χ3v) is 5.02. The monoisotopic (exact) mass is 426 g/mol. The van der Waals surface area contributed by atoms with E-state index >= 15 is 0 Å². The maximum absolute atomic E-state index is 13.1. The fraction of sp³-hybridized carbons (Fsp3) is 0.292. The fourth-order valence-corrected chi connectivity index (χ4v) is 3.43. The molecule has 0 unspecified atom stereocenters. The van der Waals surface area contributed by atoms with Crippen LogP contribution < -0.4 is 10.3 Å². The highest BCUT2D eigenvalue weighted by molar-refractivity contribution is 5.95. The number of halogens is 2. The van der Waals surface area contributed by atoms with Crippen LogP contribution in [0.4, 0.5) is 8.78 Å². The summed E-state index contributed by atoms with van der Waals surface area (Å²) in [6.07, 6.45) is 0.114. The Morgan fingerprint density at radius 3 is 2.29 bits per heavy atom. The van der Waals surface area contributed by atoms with E-state index in [1.54, 1.807) is 24.3 Å². The first-order chi connectivity index (χ1) is 14.6. The van der Waals surface area contributed by atoms with Gasteiger partial charge in [0.25, 0.3) is 5.56 Å². The van der Waals surface area contributed by atoms with Crippen LogP contribution in [0, 0.1) is 5.41 Å². The lowest BCUT2D eigenvalue weighted by Gasteiger charge is -2.31. The van der Waals surface area contributed by atoms with Crippen molar-refractivity contribution in [3.63, 3.8) is 0 Å². The molecule has 0 aliphatic carbocycles. The van der Waals surface area contributed by atoms with E-state index in [4.69, 9.17) is 0 Å². The van der Waals surface area contributed by atoms with Gasteiger partial charge < -0.3 is 9.72 Å². The highest BCUT2D eigenvalue weighted by atomic mass is 19.3. The Bertz CT molecular complexity index is 1090. The van der Waals surface area contributed by atoms with Gasteiger partial charge in [-0.15, -0.1) is 0 Å². The van der Waals surface area contributed by atoms with Crippen molar-refractivity contribution >= 4 is 5.78 Å². The number of carbonyl (C=O) groups is 1. The van der Waals surface area contributed by atoms with Crippen LogP contribution in [0.1, 0.15) is 49.2 Å². The summed E-state index contributed by atoms with van der Waals surface area (Å²) < 4.78 is 29.2. The number of aromatic nitrogens is 2.